The van der Waals surface area contributed by atoms with Crippen molar-refractivity contribution in [3.8, 4) is 44.5 Å². The molecule has 0 unspecified atom stereocenters. The number of carbonyl (C=O) groups is 1. The van der Waals surface area contributed by atoms with Crippen LogP contribution < -0.4 is 0 Å². The summed E-state index contributed by atoms with van der Waals surface area (Å²) in [5.41, 5.74) is 19.4. The number of fused-ring (bicyclic) bond motifs is 8. The second-order valence-electron chi connectivity index (χ2n) is 20.1. The Balaban J connectivity index is 1.01. The number of aryl methyl sites for hydroxylation is 3. The van der Waals surface area contributed by atoms with E-state index in [-0.39, 0.29) is 5.97 Å². The van der Waals surface area contributed by atoms with Gasteiger partial charge in [0.05, 0.1) is 34.9 Å². The van der Waals surface area contributed by atoms with Gasteiger partial charge < -0.3 is 14.7 Å². The second-order valence-corrected chi connectivity index (χ2v) is 20.1. The number of esters is 1. The van der Waals surface area contributed by atoms with Crippen LogP contribution in [-0.2, 0) is 4.74 Å². The zero-order valence-corrected chi connectivity index (χ0v) is 43.1. The van der Waals surface area contributed by atoms with Crippen LogP contribution in [0.3, 0.4) is 0 Å². The number of hydrogen-bond acceptors (Lipinski definition) is 4. The van der Waals surface area contributed by atoms with Crippen LogP contribution >= 0.6 is 0 Å². The van der Waals surface area contributed by atoms with Crippen molar-refractivity contribution in [3.63, 3.8) is 0 Å². The third-order valence-electron chi connectivity index (χ3n) is 14.4. The summed E-state index contributed by atoms with van der Waals surface area (Å²) in [6, 6.07) is 42.5. The van der Waals surface area contributed by atoms with Crippen LogP contribution in [0.15, 0.2) is 121 Å². The van der Waals surface area contributed by atoms with E-state index in [1.807, 2.05) is 24.3 Å². The summed E-state index contributed by atoms with van der Waals surface area (Å²) in [6.45, 7) is 9.07. The van der Waals surface area contributed by atoms with Gasteiger partial charge in [0.25, 0.3) is 0 Å². The number of rotatable bonds is 22. The van der Waals surface area contributed by atoms with Crippen molar-refractivity contribution in [1.82, 2.24) is 19.9 Å². The van der Waals surface area contributed by atoms with E-state index >= 15 is 0 Å². The molecule has 3 aromatic heterocycles. The maximum Gasteiger partial charge on any atom is 0.338 e. The SMILES string of the molecule is CCCCCCCCCCCCCCCCCCOC(=O)c1ccc(-c2c3ccc([nH]3)c(-c3ccc(C)cc3)c3nc(c(-c4ccc(C)cc4)c4nc(c(-c5ccc(C)cc5)c5ccc2[nH]5)C=C4)C=C3)cc1. The fourth-order valence-corrected chi connectivity index (χ4v) is 10.3. The topological polar surface area (TPSA) is 83.7 Å². The highest BCUT2D eigenvalue weighted by Gasteiger charge is 2.20. The summed E-state index contributed by atoms with van der Waals surface area (Å²) in [6.07, 6.45) is 29.5. The summed E-state index contributed by atoms with van der Waals surface area (Å²) in [7, 11) is 0. The summed E-state index contributed by atoms with van der Waals surface area (Å²) in [5.74, 6) is -0.282. The van der Waals surface area contributed by atoms with Gasteiger partial charge in [0, 0.05) is 44.3 Å². The molecule has 0 saturated carbocycles. The van der Waals surface area contributed by atoms with E-state index < -0.39 is 0 Å². The van der Waals surface area contributed by atoms with E-state index in [9.17, 15) is 4.79 Å². The molecule has 2 aliphatic rings. The lowest BCUT2D eigenvalue weighted by Crippen LogP contribution is -2.06. The number of aromatic amines is 2. The van der Waals surface area contributed by atoms with E-state index in [0.717, 1.165) is 102 Å². The first-order valence-corrected chi connectivity index (χ1v) is 27.0. The van der Waals surface area contributed by atoms with Crippen molar-refractivity contribution < 1.29 is 9.53 Å². The van der Waals surface area contributed by atoms with Crippen LogP contribution in [0.1, 0.15) is 159 Å². The summed E-state index contributed by atoms with van der Waals surface area (Å²) >= 11 is 0. The van der Waals surface area contributed by atoms with Crippen molar-refractivity contribution in [1.29, 1.82) is 0 Å². The lowest BCUT2D eigenvalue weighted by Gasteiger charge is -2.08. The summed E-state index contributed by atoms with van der Waals surface area (Å²) in [4.78, 5) is 32.0. The van der Waals surface area contributed by atoms with Gasteiger partial charge in [-0.2, -0.15) is 0 Å². The van der Waals surface area contributed by atoms with E-state index in [0.29, 0.717) is 12.2 Å². The molecular weight excluding hydrogens is 881 g/mol. The summed E-state index contributed by atoms with van der Waals surface area (Å²) < 4.78 is 5.82. The van der Waals surface area contributed by atoms with E-state index in [4.69, 9.17) is 14.7 Å². The highest BCUT2D eigenvalue weighted by molar-refractivity contribution is 6.00. The molecule has 0 spiro atoms. The summed E-state index contributed by atoms with van der Waals surface area (Å²) in [5, 5.41) is 0. The first-order valence-electron chi connectivity index (χ1n) is 27.0. The van der Waals surface area contributed by atoms with Gasteiger partial charge in [0.15, 0.2) is 0 Å². The van der Waals surface area contributed by atoms with Crippen molar-refractivity contribution in [3.05, 3.63) is 166 Å². The predicted molar refractivity (Wildman–Crippen MR) is 305 cm³/mol. The maximum atomic E-state index is 13.4. The normalized spacial score (nSPS) is 11.9. The van der Waals surface area contributed by atoms with Crippen LogP contribution in [0.5, 0.6) is 0 Å². The molecule has 0 atom stereocenters. The molecule has 0 fully saturated rings. The Bertz CT molecular complexity index is 3020. The largest absolute Gasteiger partial charge is 0.462 e. The Morgan fingerprint density at radius 2 is 0.681 bits per heavy atom. The quantitative estimate of drug-likeness (QED) is 0.0524. The van der Waals surface area contributed by atoms with Crippen molar-refractivity contribution in [2.75, 3.05) is 6.61 Å². The number of hydrogen-bond donors (Lipinski definition) is 2. The van der Waals surface area contributed by atoms with E-state index in [2.05, 4.69) is 159 Å². The van der Waals surface area contributed by atoms with Gasteiger partial charge >= 0.3 is 5.97 Å². The first-order chi connectivity index (χ1) is 35.3. The van der Waals surface area contributed by atoms with Gasteiger partial charge in [-0.25, -0.2) is 14.8 Å². The fourth-order valence-electron chi connectivity index (χ4n) is 10.3. The van der Waals surface area contributed by atoms with Gasteiger partial charge in [0.1, 0.15) is 0 Å². The molecule has 0 aliphatic carbocycles. The van der Waals surface area contributed by atoms with Crippen molar-refractivity contribution >= 4 is 52.3 Å². The second kappa shape index (κ2) is 24.4. The number of H-pyrrole nitrogens is 2. The minimum Gasteiger partial charge on any atom is -0.462 e. The van der Waals surface area contributed by atoms with Crippen LogP contribution in [0.25, 0.3) is 90.9 Å². The number of nitrogens with zero attached hydrogens (tertiary/aromatic N) is 2. The van der Waals surface area contributed by atoms with Crippen LogP contribution in [-0.4, -0.2) is 32.5 Å². The molecule has 7 aromatic rings. The lowest BCUT2D eigenvalue weighted by atomic mass is 10.0. The Labute approximate surface area is 427 Å². The first kappa shape index (κ1) is 49.9. The van der Waals surface area contributed by atoms with Crippen LogP contribution in [0.2, 0.25) is 0 Å². The number of carbonyl (C=O) groups excluding carboxylic acids is 1. The van der Waals surface area contributed by atoms with Gasteiger partial charge in [0.2, 0.25) is 0 Å². The van der Waals surface area contributed by atoms with Crippen molar-refractivity contribution in [2.24, 2.45) is 0 Å². The van der Waals surface area contributed by atoms with Crippen LogP contribution in [0.4, 0.5) is 0 Å². The van der Waals surface area contributed by atoms with Crippen LogP contribution in [0, 0.1) is 20.8 Å². The number of nitrogens with one attached hydrogen (secondary N) is 2. The minimum atomic E-state index is -0.282. The predicted octanol–water partition coefficient (Wildman–Crippen LogP) is 18.7. The Hall–Kier alpha value is -7.05. The number of aromatic nitrogens is 4. The smallest absolute Gasteiger partial charge is 0.338 e. The molecule has 0 saturated heterocycles. The van der Waals surface area contributed by atoms with E-state index in [1.54, 1.807) is 0 Å². The molecular formula is C66H72N4O2. The standard InChI is InChI=1S/C66H72N4O2/c1-5-6-7-8-9-10-11-12-13-14-15-16-17-18-19-20-45-72-66(71)53-35-33-52(34-36-53)65-60-43-41-58(69-60)63(50-29-23-47(3)24-30-50)56-39-37-54(67-56)62(49-27-21-46(2)22-28-49)55-38-40-57(68-55)64(59-42-44-61(65)70-59)51-31-25-48(4)26-32-51/h21-44,69-70H,5-20,45H2,1-4H3. The average molecular weight is 953 g/mol. The monoisotopic (exact) mass is 953 g/mol. The molecule has 368 valence electrons. The van der Waals surface area contributed by atoms with Gasteiger partial charge in [-0.05, 0) is 110 Å². The third kappa shape index (κ3) is 12.3. The highest BCUT2D eigenvalue weighted by atomic mass is 16.5. The molecule has 4 aromatic carbocycles. The third-order valence-corrected chi connectivity index (χ3v) is 14.4. The highest BCUT2D eigenvalue weighted by Crippen LogP contribution is 2.39. The molecule has 5 heterocycles. The molecule has 9 rings (SSSR count). The molecule has 6 nitrogen and oxygen atoms in total. The molecule has 0 radical (unpaired) electrons. The Kier molecular flexibility index (Phi) is 16.9. The molecule has 2 aliphatic heterocycles. The molecule has 8 bridgehead atoms. The molecule has 72 heavy (non-hydrogen) atoms. The molecule has 2 N–H and O–H groups in total. The van der Waals surface area contributed by atoms with Gasteiger partial charge in [-0.15, -0.1) is 0 Å². The fraction of sp³-hybridized carbons (Fsp3) is 0.318. The minimum absolute atomic E-state index is 0.282. The van der Waals surface area contributed by atoms with Gasteiger partial charge in [-0.1, -0.05) is 205 Å². The number of unbranched alkanes of at least 4 members (excludes halogenated alkanes) is 15. The van der Waals surface area contributed by atoms with Crippen molar-refractivity contribution in [2.45, 2.75) is 130 Å². The lowest BCUT2D eigenvalue weighted by molar-refractivity contribution is 0.0497. The number of ether oxygens (including phenoxy) is 1. The van der Waals surface area contributed by atoms with E-state index in [1.165, 1.54) is 107 Å². The molecule has 6 heteroatoms. The average Bonchev–Trinajstić information content (AvgIpc) is 4.25. The molecule has 0 amide bonds. The Morgan fingerprint density at radius 1 is 0.375 bits per heavy atom. The maximum absolute atomic E-state index is 13.4. The Morgan fingerprint density at radius 3 is 1.07 bits per heavy atom. The zero-order valence-electron chi connectivity index (χ0n) is 43.1. The zero-order chi connectivity index (χ0) is 49.7. The van der Waals surface area contributed by atoms with Gasteiger partial charge in [-0.3, -0.25) is 0 Å². The number of benzene rings is 4.